The fourth-order valence-electron chi connectivity index (χ4n) is 8.95. The van der Waals surface area contributed by atoms with Crippen LogP contribution in [-0.4, -0.2) is 34.9 Å². The van der Waals surface area contributed by atoms with Crippen molar-refractivity contribution in [2.75, 3.05) is 6.61 Å². The number of carbonyl (C=O) groups excluding carboxylic acids is 1. The molecule has 0 radical (unpaired) electrons. The highest BCUT2D eigenvalue weighted by Crippen LogP contribution is 2.18. The van der Waals surface area contributed by atoms with Gasteiger partial charge in [-0.05, 0) is 12.8 Å². The van der Waals surface area contributed by atoms with E-state index >= 15 is 0 Å². The summed E-state index contributed by atoms with van der Waals surface area (Å²) in [6.07, 6.45) is 63.7. The van der Waals surface area contributed by atoms with Gasteiger partial charge in [0.25, 0.3) is 0 Å². The zero-order valence-electron chi connectivity index (χ0n) is 40.1. The van der Waals surface area contributed by atoms with Crippen LogP contribution in [0.25, 0.3) is 0 Å². The van der Waals surface area contributed by atoms with Crippen molar-refractivity contribution in [2.24, 2.45) is 0 Å². The van der Waals surface area contributed by atoms with Gasteiger partial charge in [0.15, 0.2) is 0 Å². The Morgan fingerprint density at radius 1 is 0.345 bits per heavy atom. The molecule has 0 rings (SSSR count). The topological polar surface area (TPSA) is 69.6 Å². The molecule has 0 saturated carbocycles. The predicted octanol–water partition coefficient (Wildman–Crippen LogP) is 17.6. The molecular formula is C54H109NO3. The number of unbranched alkanes of at least 4 members (excludes halogenated alkanes) is 44. The Balaban J connectivity index is 3.40. The van der Waals surface area contributed by atoms with Gasteiger partial charge < -0.3 is 15.5 Å². The SMILES string of the molecule is CCCCCCCCCCCCCCCCCCCCCCCCCCCCCC(O)C(CO)NC(=O)CCCCCCCCCCCCCCCCCCCCC. The molecular weight excluding hydrogens is 711 g/mol. The lowest BCUT2D eigenvalue weighted by molar-refractivity contribution is -0.123. The van der Waals surface area contributed by atoms with Crippen LogP contribution in [0.5, 0.6) is 0 Å². The fourth-order valence-corrected chi connectivity index (χ4v) is 8.95. The van der Waals surface area contributed by atoms with Gasteiger partial charge in [-0.25, -0.2) is 0 Å². The first-order valence-corrected chi connectivity index (χ1v) is 27.2. The molecule has 58 heavy (non-hydrogen) atoms. The minimum absolute atomic E-state index is 0.0229. The quantitative estimate of drug-likeness (QED) is 0.0536. The van der Waals surface area contributed by atoms with Gasteiger partial charge in [-0.2, -0.15) is 0 Å². The predicted molar refractivity (Wildman–Crippen MR) is 258 cm³/mol. The largest absolute Gasteiger partial charge is 0.394 e. The number of hydrogen-bond acceptors (Lipinski definition) is 3. The molecule has 0 aromatic carbocycles. The Morgan fingerprint density at radius 2 is 0.552 bits per heavy atom. The number of carbonyl (C=O) groups is 1. The van der Waals surface area contributed by atoms with Crippen LogP contribution in [0.4, 0.5) is 0 Å². The van der Waals surface area contributed by atoms with Crippen LogP contribution in [0.1, 0.15) is 322 Å². The zero-order valence-corrected chi connectivity index (χ0v) is 40.1. The van der Waals surface area contributed by atoms with E-state index in [1.165, 1.54) is 270 Å². The summed E-state index contributed by atoms with van der Waals surface area (Å²) in [7, 11) is 0. The third kappa shape index (κ3) is 46.5. The maximum absolute atomic E-state index is 12.5. The summed E-state index contributed by atoms with van der Waals surface area (Å²) in [6.45, 7) is 4.40. The van der Waals surface area contributed by atoms with Crippen LogP contribution in [-0.2, 0) is 4.79 Å². The minimum atomic E-state index is -0.654. The van der Waals surface area contributed by atoms with E-state index in [4.69, 9.17) is 0 Å². The molecule has 0 fully saturated rings. The molecule has 0 aromatic heterocycles. The summed E-state index contributed by atoms with van der Waals surface area (Å²) < 4.78 is 0. The zero-order chi connectivity index (χ0) is 42.1. The molecule has 4 nitrogen and oxygen atoms in total. The molecule has 0 spiro atoms. The van der Waals surface area contributed by atoms with Crippen molar-refractivity contribution in [3.05, 3.63) is 0 Å². The van der Waals surface area contributed by atoms with Crippen LogP contribution >= 0.6 is 0 Å². The van der Waals surface area contributed by atoms with E-state index in [0.717, 1.165) is 25.7 Å². The van der Waals surface area contributed by atoms with E-state index in [0.29, 0.717) is 12.8 Å². The van der Waals surface area contributed by atoms with Crippen LogP contribution in [0.15, 0.2) is 0 Å². The van der Waals surface area contributed by atoms with E-state index < -0.39 is 12.1 Å². The average molecular weight is 820 g/mol. The minimum Gasteiger partial charge on any atom is -0.394 e. The van der Waals surface area contributed by atoms with Gasteiger partial charge in [0.1, 0.15) is 0 Å². The van der Waals surface area contributed by atoms with Crippen LogP contribution in [0.2, 0.25) is 0 Å². The highest BCUT2D eigenvalue weighted by atomic mass is 16.3. The highest BCUT2D eigenvalue weighted by molar-refractivity contribution is 5.76. The van der Waals surface area contributed by atoms with Crippen molar-refractivity contribution in [1.82, 2.24) is 5.32 Å². The molecule has 2 atom stereocenters. The lowest BCUT2D eigenvalue weighted by Gasteiger charge is -2.22. The molecule has 0 bridgehead atoms. The molecule has 0 saturated heterocycles. The summed E-state index contributed by atoms with van der Waals surface area (Å²) in [5.41, 5.74) is 0. The normalized spacial score (nSPS) is 12.7. The van der Waals surface area contributed by atoms with E-state index in [9.17, 15) is 15.0 Å². The van der Waals surface area contributed by atoms with Crippen molar-refractivity contribution < 1.29 is 15.0 Å². The number of amides is 1. The second-order valence-corrected chi connectivity index (χ2v) is 19.0. The molecule has 348 valence electrons. The van der Waals surface area contributed by atoms with Crippen LogP contribution in [0, 0.1) is 0 Å². The van der Waals surface area contributed by atoms with Crippen molar-refractivity contribution in [3.8, 4) is 0 Å². The summed E-state index contributed by atoms with van der Waals surface area (Å²) >= 11 is 0. The second-order valence-electron chi connectivity index (χ2n) is 19.0. The molecule has 3 N–H and O–H groups in total. The molecule has 2 unspecified atom stereocenters. The smallest absolute Gasteiger partial charge is 0.220 e. The Bertz CT molecular complexity index is 759. The third-order valence-corrected chi connectivity index (χ3v) is 13.1. The first kappa shape index (κ1) is 57.4. The first-order chi connectivity index (χ1) is 28.7. The van der Waals surface area contributed by atoms with Crippen LogP contribution in [0.3, 0.4) is 0 Å². The summed E-state index contributed by atoms with van der Waals surface area (Å²) in [5, 5.41) is 23.3. The van der Waals surface area contributed by atoms with E-state index in [1.807, 2.05) is 0 Å². The van der Waals surface area contributed by atoms with Gasteiger partial charge >= 0.3 is 0 Å². The van der Waals surface area contributed by atoms with Crippen molar-refractivity contribution in [1.29, 1.82) is 0 Å². The number of rotatable bonds is 51. The van der Waals surface area contributed by atoms with Crippen molar-refractivity contribution in [3.63, 3.8) is 0 Å². The summed E-state index contributed by atoms with van der Waals surface area (Å²) in [4.78, 5) is 12.5. The van der Waals surface area contributed by atoms with Crippen molar-refractivity contribution >= 4 is 5.91 Å². The molecule has 0 aliphatic rings. The van der Waals surface area contributed by atoms with E-state index in [-0.39, 0.29) is 12.5 Å². The molecule has 4 heteroatoms. The van der Waals surface area contributed by atoms with E-state index in [1.54, 1.807) is 0 Å². The molecule has 1 amide bonds. The average Bonchev–Trinajstić information content (AvgIpc) is 3.23. The van der Waals surface area contributed by atoms with Gasteiger partial charge in [-0.1, -0.05) is 303 Å². The van der Waals surface area contributed by atoms with Gasteiger partial charge in [0.05, 0.1) is 18.8 Å². The second kappa shape index (κ2) is 50.7. The summed E-state index contributed by atoms with van der Waals surface area (Å²) in [5.74, 6) is -0.0229. The monoisotopic (exact) mass is 820 g/mol. The number of aliphatic hydroxyl groups excluding tert-OH is 2. The molecule has 0 aromatic rings. The maximum Gasteiger partial charge on any atom is 0.220 e. The Hall–Kier alpha value is -0.610. The lowest BCUT2D eigenvalue weighted by Crippen LogP contribution is -2.45. The third-order valence-electron chi connectivity index (χ3n) is 13.1. The first-order valence-electron chi connectivity index (χ1n) is 27.2. The Morgan fingerprint density at radius 3 is 0.776 bits per heavy atom. The van der Waals surface area contributed by atoms with Gasteiger partial charge in [0, 0.05) is 6.42 Å². The van der Waals surface area contributed by atoms with E-state index in [2.05, 4.69) is 19.2 Å². The highest BCUT2D eigenvalue weighted by Gasteiger charge is 2.20. The summed E-state index contributed by atoms with van der Waals surface area (Å²) in [6, 6.07) is -0.531. The molecule has 0 aliphatic heterocycles. The Kier molecular flexibility index (Phi) is 50.2. The maximum atomic E-state index is 12.5. The fraction of sp³-hybridized carbons (Fsp3) is 0.981. The molecule has 0 aliphatic carbocycles. The van der Waals surface area contributed by atoms with Crippen LogP contribution < -0.4 is 5.32 Å². The molecule has 0 heterocycles. The number of nitrogens with one attached hydrogen (secondary N) is 1. The standard InChI is InChI=1S/C54H109NO3/c1-3-5-7-9-11-13-15-17-19-21-23-24-25-26-27-28-29-30-32-33-35-37-39-41-43-45-47-49-53(57)52(51-56)55-54(58)50-48-46-44-42-40-38-36-34-31-22-20-18-16-14-12-10-8-6-4-2/h52-53,56-57H,3-51H2,1-2H3,(H,55,58). The van der Waals surface area contributed by atoms with Crippen molar-refractivity contribution in [2.45, 2.75) is 334 Å². The van der Waals surface area contributed by atoms with Gasteiger partial charge in [-0.15, -0.1) is 0 Å². The Labute approximate surface area is 365 Å². The number of aliphatic hydroxyl groups is 2. The lowest BCUT2D eigenvalue weighted by atomic mass is 10.0. The van der Waals surface area contributed by atoms with Gasteiger partial charge in [0.2, 0.25) is 5.91 Å². The number of hydrogen-bond donors (Lipinski definition) is 3. The van der Waals surface area contributed by atoms with Gasteiger partial charge in [-0.3, -0.25) is 4.79 Å².